The van der Waals surface area contributed by atoms with Crippen LogP contribution in [-0.4, -0.2) is 19.2 Å². The summed E-state index contributed by atoms with van der Waals surface area (Å²) in [5.41, 5.74) is 2.24. The van der Waals surface area contributed by atoms with E-state index in [-0.39, 0.29) is 0 Å². The van der Waals surface area contributed by atoms with Gasteiger partial charge in [0.15, 0.2) is 0 Å². The minimum atomic E-state index is 0.519. The van der Waals surface area contributed by atoms with Crippen molar-refractivity contribution in [3.8, 4) is 28.7 Å². The maximum absolute atomic E-state index is 8.88. The van der Waals surface area contributed by atoms with Crippen molar-refractivity contribution in [1.29, 1.82) is 5.26 Å². The van der Waals surface area contributed by atoms with Gasteiger partial charge in [-0.2, -0.15) is 5.26 Å². The van der Waals surface area contributed by atoms with Gasteiger partial charge < -0.3 is 9.47 Å². The van der Waals surface area contributed by atoms with E-state index in [1.807, 2.05) is 12.1 Å². The van der Waals surface area contributed by atoms with Crippen LogP contribution in [0.15, 0.2) is 36.7 Å². The third kappa shape index (κ3) is 2.25. The summed E-state index contributed by atoms with van der Waals surface area (Å²) < 4.78 is 10.5. The fourth-order valence-electron chi connectivity index (χ4n) is 1.69. The minimum Gasteiger partial charge on any atom is -0.497 e. The Bertz CT molecular complexity index is 603. The predicted octanol–water partition coefficient (Wildman–Crippen LogP) is 2.64. The van der Waals surface area contributed by atoms with Gasteiger partial charge in [0, 0.05) is 29.6 Å². The summed E-state index contributed by atoms with van der Waals surface area (Å²) in [7, 11) is 3.20. The van der Waals surface area contributed by atoms with E-state index in [1.165, 1.54) is 6.20 Å². The largest absolute Gasteiger partial charge is 0.497 e. The van der Waals surface area contributed by atoms with Gasteiger partial charge >= 0.3 is 0 Å². The minimum absolute atomic E-state index is 0.519. The monoisotopic (exact) mass is 240 g/mol. The zero-order valence-corrected chi connectivity index (χ0v) is 10.2. The summed E-state index contributed by atoms with van der Waals surface area (Å²) in [5, 5.41) is 8.88. The molecule has 0 atom stereocenters. The zero-order valence-electron chi connectivity index (χ0n) is 10.2. The summed E-state index contributed by atoms with van der Waals surface area (Å²) in [5.74, 6) is 1.41. The van der Waals surface area contributed by atoms with E-state index in [9.17, 15) is 0 Å². The molecule has 0 aliphatic carbocycles. The van der Waals surface area contributed by atoms with Crippen molar-refractivity contribution in [1.82, 2.24) is 4.98 Å². The third-order valence-electron chi connectivity index (χ3n) is 2.59. The molecule has 0 unspecified atom stereocenters. The molecule has 0 saturated carbocycles. The molecule has 90 valence electrons. The summed E-state index contributed by atoms with van der Waals surface area (Å²) in [4.78, 5) is 4.04. The van der Waals surface area contributed by atoms with E-state index in [0.29, 0.717) is 11.3 Å². The molecule has 0 aliphatic heterocycles. The first-order valence-electron chi connectivity index (χ1n) is 5.36. The highest BCUT2D eigenvalue weighted by Gasteiger charge is 2.08. The second kappa shape index (κ2) is 5.19. The summed E-state index contributed by atoms with van der Waals surface area (Å²) in [6, 6.07) is 9.37. The number of methoxy groups -OCH3 is 2. The summed E-state index contributed by atoms with van der Waals surface area (Å²) >= 11 is 0. The van der Waals surface area contributed by atoms with Crippen molar-refractivity contribution < 1.29 is 9.47 Å². The summed E-state index contributed by atoms with van der Waals surface area (Å²) in [6.07, 6.45) is 3.23. The van der Waals surface area contributed by atoms with Gasteiger partial charge in [-0.05, 0) is 18.2 Å². The van der Waals surface area contributed by atoms with Crippen LogP contribution in [0.5, 0.6) is 11.5 Å². The normalized spacial score (nSPS) is 9.61. The van der Waals surface area contributed by atoms with Crippen molar-refractivity contribution in [3.05, 3.63) is 42.2 Å². The molecule has 1 aromatic heterocycles. The van der Waals surface area contributed by atoms with Crippen LogP contribution in [0.2, 0.25) is 0 Å². The van der Waals surface area contributed by atoms with E-state index in [2.05, 4.69) is 11.1 Å². The lowest BCUT2D eigenvalue weighted by molar-refractivity contribution is 0.395. The Balaban J connectivity index is 2.53. The van der Waals surface area contributed by atoms with Gasteiger partial charge in [-0.15, -0.1) is 0 Å². The highest BCUT2D eigenvalue weighted by atomic mass is 16.5. The lowest BCUT2D eigenvalue weighted by Crippen LogP contribution is -1.91. The van der Waals surface area contributed by atoms with E-state index in [4.69, 9.17) is 14.7 Å². The van der Waals surface area contributed by atoms with Gasteiger partial charge in [0.1, 0.15) is 17.6 Å². The molecule has 18 heavy (non-hydrogen) atoms. The Morgan fingerprint density at radius 3 is 2.61 bits per heavy atom. The van der Waals surface area contributed by atoms with Crippen LogP contribution in [0.3, 0.4) is 0 Å². The molecule has 2 aromatic rings. The molecule has 0 N–H and O–H groups in total. The smallest absolute Gasteiger partial charge is 0.130 e. The van der Waals surface area contributed by atoms with Crippen molar-refractivity contribution in [2.75, 3.05) is 14.2 Å². The fourth-order valence-corrected chi connectivity index (χ4v) is 1.69. The number of aromatic nitrogens is 1. The van der Waals surface area contributed by atoms with Crippen LogP contribution in [-0.2, 0) is 0 Å². The van der Waals surface area contributed by atoms with Gasteiger partial charge in [-0.25, -0.2) is 0 Å². The van der Waals surface area contributed by atoms with Crippen molar-refractivity contribution in [3.63, 3.8) is 0 Å². The predicted molar refractivity (Wildman–Crippen MR) is 67.5 cm³/mol. The zero-order chi connectivity index (χ0) is 13.0. The van der Waals surface area contributed by atoms with Crippen LogP contribution in [0.25, 0.3) is 11.1 Å². The van der Waals surface area contributed by atoms with Crippen LogP contribution in [0.4, 0.5) is 0 Å². The first kappa shape index (κ1) is 11.9. The van der Waals surface area contributed by atoms with Gasteiger partial charge in [-0.1, -0.05) is 0 Å². The van der Waals surface area contributed by atoms with E-state index in [1.54, 1.807) is 32.5 Å². The number of ether oxygens (including phenoxy) is 2. The molecule has 0 aliphatic rings. The van der Waals surface area contributed by atoms with Crippen LogP contribution < -0.4 is 9.47 Å². The van der Waals surface area contributed by atoms with Crippen molar-refractivity contribution in [2.45, 2.75) is 0 Å². The average molecular weight is 240 g/mol. The number of hydrogen-bond acceptors (Lipinski definition) is 4. The molecular formula is C14H12N2O2. The van der Waals surface area contributed by atoms with Gasteiger partial charge in [-0.3, -0.25) is 4.98 Å². The Kier molecular flexibility index (Phi) is 3.44. The molecule has 0 bridgehead atoms. The number of pyridine rings is 1. The number of rotatable bonds is 3. The average Bonchev–Trinajstić information content (AvgIpc) is 2.46. The maximum atomic E-state index is 8.88. The van der Waals surface area contributed by atoms with E-state index < -0.39 is 0 Å². The van der Waals surface area contributed by atoms with Crippen LogP contribution >= 0.6 is 0 Å². The summed E-state index contributed by atoms with van der Waals surface area (Å²) in [6.45, 7) is 0. The highest BCUT2D eigenvalue weighted by molar-refractivity contribution is 5.71. The third-order valence-corrected chi connectivity index (χ3v) is 2.59. The number of nitriles is 1. The molecule has 4 nitrogen and oxygen atoms in total. The highest BCUT2D eigenvalue weighted by Crippen LogP contribution is 2.33. The molecule has 4 heteroatoms. The number of hydrogen-bond donors (Lipinski definition) is 0. The molecular weight excluding hydrogens is 228 g/mol. The molecule has 0 spiro atoms. The molecule has 2 rings (SSSR count). The molecule has 0 saturated heterocycles. The first-order chi connectivity index (χ1) is 8.78. The second-order valence-corrected chi connectivity index (χ2v) is 3.64. The topological polar surface area (TPSA) is 55.1 Å². The standard InChI is InChI=1S/C14H12N2O2/c1-17-12-3-4-13(14(6-12)18-2)11-5-10(7-15)8-16-9-11/h3-6,8-9H,1-2H3. The SMILES string of the molecule is COc1ccc(-c2cncc(C#N)c2)c(OC)c1. The molecule has 0 amide bonds. The molecule has 0 fully saturated rings. The van der Waals surface area contributed by atoms with E-state index in [0.717, 1.165) is 16.9 Å². The lowest BCUT2D eigenvalue weighted by atomic mass is 10.0. The molecule has 1 aromatic carbocycles. The maximum Gasteiger partial charge on any atom is 0.130 e. The second-order valence-electron chi connectivity index (χ2n) is 3.64. The van der Waals surface area contributed by atoms with Crippen molar-refractivity contribution >= 4 is 0 Å². The first-order valence-corrected chi connectivity index (χ1v) is 5.36. The van der Waals surface area contributed by atoms with Gasteiger partial charge in [0.2, 0.25) is 0 Å². The lowest BCUT2D eigenvalue weighted by Gasteiger charge is -2.10. The number of benzene rings is 1. The Morgan fingerprint density at radius 2 is 1.94 bits per heavy atom. The van der Waals surface area contributed by atoms with Gasteiger partial charge in [0.25, 0.3) is 0 Å². The Labute approximate surface area is 105 Å². The Hall–Kier alpha value is -2.54. The number of nitrogens with zero attached hydrogens (tertiary/aromatic N) is 2. The van der Waals surface area contributed by atoms with Crippen LogP contribution in [0, 0.1) is 11.3 Å². The Morgan fingerprint density at radius 1 is 1.11 bits per heavy atom. The van der Waals surface area contributed by atoms with Gasteiger partial charge in [0.05, 0.1) is 19.8 Å². The molecule has 1 heterocycles. The fraction of sp³-hybridized carbons (Fsp3) is 0.143. The van der Waals surface area contributed by atoms with Crippen LogP contribution in [0.1, 0.15) is 5.56 Å². The molecule has 0 radical (unpaired) electrons. The quantitative estimate of drug-likeness (QED) is 0.827. The van der Waals surface area contributed by atoms with Crippen molar-refractivity contribution in [2.24, 2.45) is 0 Å². The van der Waals surface area contributed by atoms with E-state index >= 15 is 0 Å².